The molecule has 2 aliphatic heterocycles. The van der Waals surface area contributed by atoms with E-state index in [0.29, 0.717) is 12.6 Å². The summed E-state index contributed by atoms with van der Waals surface area (Å²) < 4.78 is 23.1. The van der Waals surface area contributed by atoms with Crippen LogP contribution >= 0.6 is 0 Å². The van der Waals surface area contributed by atoms with Gasteiger partial charge >= 0.3 is 0 Å². The lowest BCUT2D eigenvalue weighted by molar-refractivity contribution is -0.132. The Bertz CT molecular complexity index is 449. The fourth-order valence-corrected chi connectivity index (χ4v) is 3.81. The molecule has 0 saturated carbocycles. The first-order valence-electron chi connectivity index (χ1n) is 7.02. The first kappa shape index (κ1) is 14.8. The third kappa shape index (κ3) is 2.94. The third-order valence-electron chi connectivity index (χ3n) is 4.59. The zero-order valence-corrected chi connectivity index (χ0v) is 12.8. The van der Waals surface area contributed by atoms with Gasteiger partial charge in [0.25, 0.3) is 0 Å². The number of carbonyl (C=O) groups is 1. The Morgan fingerprint density at radius 2 is 1.74 bits per heavy atom. The number of carbonyl (C=O) groups excluding carboxylic acids is 1. The second-order valence-corrected chi connectivity index (χ2v) is 8.27. The van der Waals surface area contributed by atoms with Crippen LogP contribution in [-0.4, -0.2) is 67.9 Å². The minimum Gasteiger partial charge on any atom is -0.337 e. The molecular formula is C13H24N2O3S. The normalized spacial score (nSPS) is 30.8. The van der Waals surface area contributed by atoms with E-state index in [0.717, 1.165) is 32.1 Å². The Hall–Kier alpha value is -0.620. The molecule has 0 spiro atoms. The lowest BCUT2D eigenvalue weighted by Crippen LogP contribution is -2.50. The second-order valence-electron chi connectivity index (χ2n) is 5.90. The summed E-state index contributed by atoms with van der Waals surface area (Å²) in [5.74, 6) is -0.217. The molecule has 0 bridgehead atoms. The van der Waals surface area contributed by atoms with E-state index < -0.39 is 15.1 Å². The summed E-state index contributed by atoms with van der Waals surface area (Å²) >= 11 is 0. The number of hydrogen-bond donors (Lipinski definition) is 0. The van der Waals surface area contributed by atoms with Crippen LogP contribution in [0.5, 0.6) is 0 Å². The monoisotopic (exact) mass is 288 g/mol. The molecule has 2 aliphatic rings. The number of rotatable bonds is 3. The predicted molar refractivity (Wildman–Crippen MR) is 74.7 cm³/mol. The van der Waals surface area contributed by atoms with Crippen molar-refractivity contribution in [3.63, 3.8) is 0 Å². The van der Waals surface area contributed by atoms with Crippen LogP contribution in [0, 0.1) is 0 Å². The maximum atomic E-state index is 12.4. The highest BCUT2D eigenvalue weighted by molar-refractivity contribution is 7.92. The van der Waals surface area contributed by atoms with Crippen LogP contribution in [0.2, 0.25) is 0 Å². The van der Waals surface area contributed by atoms with Crippen LogP contribution in [0.4, 0.5) is 0 Å². The van der Waals surface area contributed by atoms with Crippen molar-refractivity contribution in [2.75, 3.05) is 26.4 Å². The molecule has 0 aromatic heterocycles. The molecule has 0 aromatic carbocycles. The predicted octanol–water partition coefficient (Wildman–Crippen LogP) is 0.505. The molecule has 2 fully saturated rings. The SMILES string of the molecule is C[C@H](C(=O)N1CCC[C@H]1[C@H]1CCCN1C)S(C)(=O)=O. The van der Waals surface area contributed by atoms with Crippen LogP contribution in [0.1, 0.15) is 32.6 Å². The first-order chi connectivity index (χ1) is 8.82. The van der Waals surface area contributed by atoms with Gasteiger partial charge in [-0.2, -0.15) is 0 Å². The van der Waals surface area contributed by atoms with Crippen molar-refractivity contribution in [3.05, 3.63) is 0 Å². The largest absolute Gasteiger partial charge is 0.337 e. The molecule has 0 radical (unpaired) electrons. The van der Waals surface area contributed by atoms with Crippen LogP contribution in [-0.2, 0) is 14.6 Å². The third-order valence-corrected chi connectivity index (χ3v) is 6.08. The average Bonchev–Trinajstić information content (AvgIpc) is 2.93. The Labute approximate surface area is 115 Å². The molecule has 2 saturated heterocycles. The summed E-state index contributed by atoms with van der Waals surface area (Å²) in [6.45, 7) is 3.28. The Morgan fingerprint density at radius 3 is 2.26 bits per heavy atom. The van der Waals surface area contributed by atoms with Crippen LogP contribution < -0.4 is 0 Å². The topological polar surface area (TPSA) is 57.7 Å². The highest BCUT2D eigenvalue weighted by Gasteiger charge is 2.41. The van der Waals surface area contributed by atoms with E-state index in [1.54, 1.807) is 0 Å². The number of likely N-dealkylation sites (N-methyl/N-ethyl adjacent to an activating group) is 1. The zero-order valence-electron chi connectivity index (χ0n) is 12.0. The van der Waals surface area contributed by atoms with E-state index in [4.69, 9.17) is 0 Å². The second kappa shape index (κ2) is 5.40. The van der Waals surface area contributed by atoms with Gasteiger partial charge in [-0.05, 0) is 46.2 Å². The van der Waals surface area contributed by atoms with Gasteiger partial charge in [-0.1, -0.05) is 0 Å². The maximum absolute atomic E-state index is 12.4. The van der Waals surface area contributed by atoms with E-state index >= 15 is 0 Å². The standard InChI is InChI=1S/C13H24N2O3S/c1-10(19(3,17)18)13(16)15-9-5-7-12(15)11-6-4-8-14(11)2/h10-12H,4-9H2,1-3H3/t10-,11-,12+/m1/s1. The van der Waals surface area contributed by atoms with Gasteiger partial charge < -0.3 is 9.80 Å². The lowest BCUT2D eigenvalue weighted by Gasteiger charge is -2.34. The van der Waals surface area contributed by atoms with Gasteiger partial charge in [0.2, 0.25) is 5.91 Å². The summed E-state index contributed by atoms with van der Waals surface area (Å²) in [5, 5.41) is -0.917. The highest BCUT2D eigenvalue weighted by Crippen LogP contribution is 2.29. The van der Waals surface area contributed by atoms with Gasteiger partial charge in [0, 0.05) is 24.9 Å². The number of sulfone groups is 1. The summed E-state index contributed by atoms with van der Waals surface area (Å²) in [6, 6.07) is 0.599. The fourth-order valence-electron chi connectivity index (χ4n) is 3.30. The van der Waals surface area contributed by atoms with E-state index in [9.17, 15) is 13.2 Å². The molecule has 0 N–H and O–H groups in total. The van der Waals surface area contributed by atoms with Crippen LogP contribution in [0.25, 0.3) is 0 Å². The highest BCUT2D eigenvalue weighted by atomic mass is 32.2. The molecule has 0 unspecified atom stereocenters. The van der Waals surface area contributed by atoms with Gasteiger partial charge in [0.1, 0.15) is 5.25 Å². The quantitative estimate of drug-likeness (QED) is 0.759. The van der Waals surface area contributed by atoms with Crippen molar-refractivity contribution < 1.29 is 13.2 Å². The van der Waals surface area contributed by atoms with E-state index in [1.807, 2.05) is 4.90 Å². The summed E-state index contributed by atoms with van der Waals surface area (Å²) in [4.78, 5) is 16.5. The Balaban J connectivity index is 2.12. The molecule has 2 rings (SSSR count). The maximum Gasteiger partial charge on any atom is 0.240 e. The number of hydrogen-bond acceptors (Lipinski definition) is 4. The fraction of sp³-hybridized carbons (Fsp3) is 0.923. The molecule has 5 nitrogen and oxygen atoms in total. The van der Waals surface area contributed by atoms with Crippen molar-refractivity contribution in [1.82, 2.24) is 9.80 Å². The molecular weight excluding hydrogens is 264 g/mol. The molecule has 110 valence electrons. The average molecular weight is 288 g/mol. The van der Waals surface area contributed by atoms with Gasteiger partial charge in [0.15, 0.2) is 9.84 Å². The van der Waals surface area contributed by atoms with Gasteiger partial charge in [-0.3, -0.25) is 4.79 Å². The minimum atomic E-state index is -3.30. The number of likely N-dealkylation sites (tertiary alicyclic amines) is 2. The molecule has 1 amide bonds. The summed E-state index contributed by atoms with van der Waals surface area (Å²) in [6.07, 6.45) is 5.40. The van der Waals surface area contributed by atoms with E-state index in [2.05, 4.69) is 11.9 Å². The van der Waals surface area contributed by atoms with Crippen molar-refractivity contribution in [1.29, 1.82) is 0 Å². The molecule has 0 aliphatic carbocycles. The van der Waals surface area contributed by atoms with Gasteiger partial charge in [-0.25, -0.2) is 8.42 Å². The number of nitrogens with zero attached hydrogens (tertiary/aromatic N) is 2. The van der Waals surface area contributed by atoms with E-state index in [-0.39, 0.29) is 11.9 Å². The molecule has 3 atom stereocenters. The van der Waals surface area contributed by atoms with E-state index in [1.165, 1.54) is 13.3 Å². The van der Waals surface area contributed by atoms with Gasteiger partial charge in [0.05, 0.1) is 0 Å². The molecule has 2 heterocycles. The summed E-state index contributed by atoms with van der Waals surface area (Å²) in [7, 11) is -1.21. The van der Waals surface area contributed by atoms with Crippen molar-refractivity contribution >= 4 is 15.7 Å². The molecule has 19 heavy (non-hydrogen) atoms. The minimum absolute atomic E-state index is 0.198. The smallest absolute Gasteiger partial charge is 0.240 e. The van der Waals surface area contributed by atoms with Crippen LogP contribution in [0.3, 0.4) is 0 Å². The molecule has 0 aromatic rings. The lowest BCUT2D eigenvalue weighted by atomic mass is 10.0. The Morgan fingerprint density at radius 1 is 1.16 bits per heavy atom. The first-order valence-corrected chi connectivity index (χ1v) is 8.97. The van der Waals surface area contributed by atoms with Crippen molar-refractivity contribution in [2.45, 2.75) is 49.9 Å². The van der Waals surface area contributed by atoms with Crippen molar-refractivity contribution in [2.24, 2.45) is 0 Å². The van der Waals surface area contributed by atoms with Crippen molar-refractivity contribution in [3.8, 4) is 0 Å². The Kier molecular flexibility index (Phi) is 4.20. The molecule has 6 heteroatoms. The summed E-state index contributed by atoms with van der Waals surface area (Å²) in [5.41, 5.74) is 0. The van der Waals surface area contributed by atoms with Crippen LogP contribution in [0.15, 0.2) is 0 Å². The zero-order chi connectivity index (χ0) is 14.2. The van der Waals surface area contributed by atoms with Gasteiger partial charge in [-0.15, -0.1) is 0 Å². The number of amides is 1.